The lowest BCUT2D eigenvalue weighted by atomic mass is 10.0. The van der Waals surface area contributed by atoms with Crippen molar-refractivity contribution in [3.8, 4) is 0 Å². The van der Waals surface area contributed by atoms with Crippen molar-refractivity contribution in [2.24, 2.45) is 0 Å². The van der Waals surface area contributed by atoms with E-state index in [-0.39, 0.29) is 0 Å². The average molecular weight is 336 g/mol. The van der Waals surface area contributed by atoms with Crippen molar-refractivity contribution < 1.29 is 4.74 Å². The van der Waals surface area contributed by atoms with Crippen LogP contribution in [-0.4, -0.2) is 26.3 Å². The molecule has 2 aromatic rings. The van der Waals surface area contributed by atoms with Crippen LogP contribution in [-0.2, 0) is 11.2 Å². The molecule has 2 nitrogen and oxygen atoms in total. The van der Waals surface area contributed by atoms with Gasteiger partial charge < -0.3 is 10.1 Å². The molecule has 20 heavy (non-hydrogen) atoms. The first-order chi connectivity index (χ1) is 9.83. The quantitative estimate of drug-likeness (QED) is 0.731. The lowest BCUT2D eigenvalue weighted by molar-refractivity contribution is 0.139. The van der Waals surface area contributed by atoms with Crippen LogP contribution in [0.4, 0.5) is 0 Å². The van der Waals surface area contributed by atoms with Crippen molar-refractivity contribution in [1.29, 1.82) is 0 Å². The maximum Gasteiger partial charge on any atom is 0.0591 e. The Morgan fingerprint density at radius 3 is 2.60 bits per heavy atom. The zero-order chi connectivity index (χ0) is 14.2. The van der Waals surface area contributed by atoms with Gasteiger partial charge in [0.25, 0.3) is 0 Å². The van der Waals surface area contributed by atoms with Gasteiger partial charge >= 0.3 is 0 Å². The molecule has 2 aromatic carbocycles. The van der Waals surface area contributed by atoms with Crippen LogP contribution in [0.1, 0.15) is 18.9 Å². The molecule has 0 radical (unpaired) electrons. The SMILES string of the molecule is CCCNCCOCCc1ccc(Br)c2ccccc12. The van der Waals surface area contributed by atoms with E-state index in [0.29, 0.717) is 0 Å². The molecule has 1 N–H and O–H groups in total. The third-order valence-electron chi connectivity index (χ3n) is 3.33. The predicted molar refractivity (Wildman–Crippen MR) is 89.3 cm³/mol. The smallest absolute Gasteiger partial charge is 0.0591 e. The normalized spacial score (nSPS) is 11.1. The number of fused-ring (bicyclic) bond motifs is 1. The lowest BCUT2D eigenvalue weighted by Crippen LogP contribution is -2.20. The standard InChI is InChI=1S/C17H22BrNO/c1-2-10-19-11-13-20-12-9-14-7-8-17(18)16-6-4-3-5-15(14)16/h3-8,19H,2,9-13H2,1H3. The van der Waals surface area contributed by atoms with Crippen molar-refractivity contribution >= 4 is 26.7 Å². The Bertz CT molecular complexity index is 542. The second-order valence-corrected chi connectivity index (χ2v) is 5.72. The van der Waals surface area contributed by atoms with Crippen LogP contribution >= 0.6 is 15.9 Å². The highest BCUT2D eigenvalue weighted by atomic mass is 79.9. The van der Waals surface area contributed by atoms with Gasteiger partial charge in [0.1, 0.15) is 0 Å². The van der Waals surface area contributed by atoms with Crippen LogP contribution in [0, 0.1) is 0 Å². The monoisotopic (exact) mass is 335 g/mol. The zero-order valence-corrected chi connectivity index (χ0v) is 13.6. The first-order valence-corrected chi connectivity index (χ1v) is 8.07. The number of benzene rings is 2. The van der Waals surface area contributed by atoms with Crippen LogP contribution in [0.15, 0.2) is 40.9 Å². The minimum absolute atomic E-state index is 0.777. The van der Waals surface area contributed by atoms with Crippen molar-refractivity contribution in [3.05, 3.63) is 46.4 Å². The molecule has 0 aliphatic heterocycles. The van der Waals surface area contributed by atoms with Gasteiger partial charge in [0.05, 0.1) is 13.2 Å². The highest BCUT2D eigenvalue weighted by Crippen LogP contribution is 2.27. The molecule has 0 aromatic heterocycles. The molecule has 0 saturated heterocycles. The van der Waals surface area contributed by atoms with Crippen molar-refractivity contribution in [3.63, 3.8) is 0 Å². The summed E-state index contributed by atoms with van der Waals surface area (Å²) in [6.45, 7) is 5.75. The Balaban J connectivity index is 1.86. The van der Waals surface area contributed by atoms with Gasteiger partial charge in [-0.1, -0.05) is 53.2 Å². The van der Waals surface area contributed by atoms with E-state index in [1.165, 1.54) is 22.8 Å². The summed E-state index contributed by atoms with van der Waals surface area (Å²) in [5, 5.41) is 5.93. The molecule has 0 bridgehead atoms. The van der Waals surface area contributed by atoms with Crippen LogP contribution in [0.5, 0.6) is 0 Å². The Morgan fingerprint density at radius 1 is 1.00 bits per heavy atom. The topological polar surface area (TPSA) is 21.3 Å². The average Bonchev–Trinajstić information content (AvgIpc) is 2.49. The molecule has 0 saturated carbocycles. The molecule has 2 rings (SSSR count). The third kappa shape index (κ3) is 4.30. The van der Waals surface area contributed by atoms with E-state index in [0.717, 1.165) is 37.2 Å². The van der Waals surface area contributed by atoms with Crippen LogP contribution in [0.3, 0.4) is 0 Å². The fourth-order valence-electron chi connectivity index (χ4n) is 2.27. The summed E-state index contributed by atoms with van der Waals surface area (Å²) in [6, 6.07) is 12.8. The van der Waals surface area contributed by atoms with Gasteiger partial charge in [-0.2, -0.15) is 0 Å². The van der Waals surface area contributed by atoms with Gasteiger partial charge in [-0.05, 0) is 41.8 Å². The summed E-state index contributed by atoms with van der Waals surface area (Å²) in [4.78, 5) is 0. The number of halogens is 1. The molecule has 108 valence electrons. The largest absolute Gasteiger partial charge is 0.380 e. The van der Waals surface area contributed by atoms with E-state index < -0.39 is 0 Å². The summed E-state index contributed by atoms with van der Waals surface area (Å²) >= 11 is 3.61. The molecule has 0 unspecified atom stereocenters. The number of hydrogen-bond acceptors (Lipinski definition) is 2. The Kier molecular flexibility index (Phi) is 6.51. The molecule has 0 heterocycles. The highest BCUT2D eigenvalue weighted by Gasteiger charge is 2.03. The first-order valence-electron chi connectivity index (χ1n) is 7.27. The Hall–Kier alpha value is -0.900. The van der Waals surface area contributed by atoms with E-state index in [9.17, 15) is 0 Å². The fourth-order valence-corrected chi connectivity index (χ4v) is 2.75. The maximum absolute atomic E-state index is 5.69. The second-order valence-electron chi connectivity index (χ2n) is 4.86. The maximum atomic E-state index is 5.69. The summed E-state index contributed by atoms with van der Waals surface area (Å²) in [5.41, 5.74) is 1.35. The lowest BCUT2D eigenvalue weighted by Gasteiger charge is -2.09. The summed E-state index contributed by atoms with van der Waals surface area (Å²) in [7, 11) is 0. The minimum Gasteiger partial charge on any atom is -0.380 e. The molecule has 0 fully saturated rings. The molecule has 0 atom stereocenters. The van der Waals surface area contributed by atoms with E-state index in [4.69, 9.17) is 4.74 Å². The Morgan fingerprint density at radius 2 is 1.80 bits per heavy atom. The molecular weight excluding hydrogens is 314 g/mol. The summed E-state index contributed by atoms with van der Waals surface area (Å²) < 4.78 is 6.84. The van der Waals surface area contributed by atoms with Crippen LogP contribution in [0.2, 0.25) is 0 Å². The highest BCUT2D eigenvalue weighted by molar-refractivity contribution is 9.10. The number of nitrogens with one attached hydrogen (secondary N) is 1. The Labute approximate surface area is 129 Å². The van der Waals surface area contributed by atoms with E-state index in [1.807, 2.05) is 0 Å². The van der Waals surface area contributed by atoms with Gasteiger partial charge in [-0.15, -0.1) is 0 Å². The van der Waals surface area contributed by atoms with E-state index in [2.05, 4.69) is 64.6 Å². The van der Waals surface area contributed by atoms with Crippen molar-refractivity contribution in [1.82, 2.24) is 5.32 Å². The molecular formula is C17H22BrNO. The van der Waals surface area contributed by atoms with Gasteiger partial charge in [-0.25, -0.2) is 0 Å². The molecule has 3 heteroatoms. The van der Waals surface area contributed by atoms with Gasteiger partial charge in [-0.3, -0.25) is 0 Å². The number of hydrogen-bond donors (Lipinski definition) is 1. The minimum atomic E-state index is 0.777. The van der Waals surface area contributed by atoms with Crippen LogP contribution < -0.4 is 5.32 Å². The van der Waals surface area contributed by atoms with Crippen molar-refractivity contribution in [2.75, 3.05) is 26.3 Å². The third-order valence-corrected chi connectivity index (χ3v) is 4.02. The van der Waals surface area contributed by atoms with E-state index in [1.54, 1.807) is 0 Å². The second kappa shape index (κ2) is 8.40. The van der Waals surface area contributed by atoms with Gasteiger partial charge in [0, 0.05) is 11.0 Å². The number of ether oxygens (including phenoxy) is 1. The molecule has 0 amide bonds. The van der Waals surface area contributed by atoms with E-state index >= 15 is 0 Å². The first kappa shape index (κ1) is 15.5. The molecule has 0 spiro atoms. The van der Waals surface area contributed by atoms with Gasteiger partial charge in [0.2, 0.25) is 0 Å². The molecule has 0 aliphatic rings. The summed E-state index contributed by atoms with van der Waals surface area (Å²) in [5.74, 6) is 0. The predicted octanol–water partition coefficient (Wildman–Crippen LogP) is 4.16. The molecule has 0 aliphatic carbocycles. The van der Waals surface area contributed by atoms with Crippen LogP contribution in [0.25, 0.3) is 10.8 Å². The van der Waals surface area contributed by atoms with Gasteiger partial charge in [0.15, 0.2) is 0 Å². The number of rotatable bonds is 8. The fraction of sp³-hybridized carbons (Fsp3) is 0.412. The zero-order valence-electron chi connectivity index (χ0n) is 12.0. The summed E-state index contributed by atoms with van der Waals surface area (Å²) in [6.07, 6.45) is 2.13. The van der Waals surface area contributed by atoms with Crippen molar-refractivity contribution in [2.45, 2.75) is 19.8 Å².